The van der Waals surface area contributed by atoms with E-state index in [2.05, 4.69) is 15.4 Å². The van der Waals surface area contributed by atoms with Gasteiger partial charge in [-0.2, -0.15) is 0 Å². The van der Waals surface area contributed by atoms with Gasteiger partial charge in [-0.1, -0.05) is 0 Å². The molecule has 0 aromatic heterocycles. The minimum absolute atomic E-state index is 0.00176. The number of ether oxygens (including phenoxy) is 1. The largest absolute Gasteiger partial charge is 0.478 e. The fraction of sp³-hybridized carbons (Fsp3) is 0.391. The molecule has 0 spiro atoms. The highest BCUT2D eigenvalue weighted by molar-refractivity contribution is 5.95. The van der Waals surface area contributed by atoms with E-state index < -0.39 is 23.6 Å². The third kappa shape index (κ3) is 5.93. The summed E-state index contributed by atoms with van der Waals surface area (Å²) in [5, 5.41) is 15.2. The van der Waals surface area contributed by atoms with Crippen LogP contribution >= 0.6 is 0 Å². The van der Waals surface area contributed by atoms with Crippen molar-refractivity contribution in [2.24, 2.45) is 0 Å². The van der Waals surface area contributed by atoms with Gasteiger partial charge in [0.05, 0.1) is 18.2 Å². The Hall–Kier alpha value is -3.16. The number of carboxylic acid groups (broad SMARTS) is 1. The van der Waals surface area contributed by atoms with E-state index >= 15 is 0 Å². The van der Waals surface area contributed by atoms with Crippen LogP contribution < -0.4 is 10.6 Å². The molecule has 8 heteroatoms. The van der Waals surface area contributed by atoms with Crippen molar-refractivity contribution < 1.29 is 28.2 Å². The summed E-state index contributed by atoms with van der Waals surface area (Å²) in [7, 11) is 1.29. The van der Waals surface area contributed by atoms with Crippen molar-refractivity contribution >= 4 is 23.3 Å². The molecule has 2 aliphatic carbocycles. The fourth-order valence-electron chi connectivity index (χ4n) is 3.29. The summed E-state index contributed by atoms with van der Waals surface area (Å²) < 4.78 is 30.5. The minimum atomic E-state index is -1.10. The highest BCUT2D eigenvalue weighted by Gasteiger charge is 2.21. The van der Waals surface area contributed by atoms with Crippen molar-refractivity contribution in [2.75, 3.05) is 17.7 Å². The minimum Gasteiger partial charge on any atom is -0.478 e. The maximum atomic E-state index is 13.0. The highest BCUT2D eigenvalue weighted by Crippen LogP contribution is 2.27. The number of benzene rings is 2. The Bertz CT molecular complexity index is 943. The SMILES string of the molecule is COC(=O)c1cc(F)ccc1NC1CCC1.O=C(O)c1cc(F)ccc1NC1CCC1. The number of nitrogens with one attached hydrogen (secondary N) is 2. The molecule has 31 heavy (non-hydrogen) atoms. The standard InChI is InChI=1S/C12H14FNO2.C11H12FNO2/c1-16-12(15)10-7-8(13)5-6-11(10)14-9-3-2-4-9;12-7-4-5-10(9(6-7)11(14)15)13-8-2-1-3-8/h5-7,9,14H,2-4H2,1H3;4-6,8,13H,1-3H2,(H,14,15). The number of aromatic carboxylic acids is 1. The van der Waals surface area contributed by atoms with Crippen molar-refractivity contribution in [2.45, 2.75) is 50.6 Å². The van der Waals surface area contributed by atoms with Crippen molar-refractivity contribution in [3.63, 3.8) is 0 Å². The number of carbonyl (C=O) groups is 2. The number of anilines is 2. The smallest absolute Gasteiger partial charge is 0.340 e. The Kier molecular flexibility index (Phi) is 7.44. The van der Waals surface area contributed by atoms with Gasteiger partial charge in [-0.05, 0) is 74.9 Å². The number of hydrogen-bond acceptors (Lipinski definition) is 5. The molecule has 6 nitrogen and oxygen atoms in total. The summed E-state index contributed by atoms with van der Waals surface area (Å²) in [4.78, 5) is 22.3. The Morgan fingerprint density at radius 2 is 1.32 bits per heavy atom. The third-order valence-corrected chi connectivity index (χ3v) is 5.53. The molecule has 4 rings (SSSR count). The number of carboxylic acids is 1. The zero-order valence-electron chi connectivity index (χ0n) is 17.3. The van der Waals surface area contributed by atoms with Crippen molar-refractivity contribution in [3.05, 3.63) is 59.2 Å². The van der Waals surface area contributed by atoms with Gasteiger partial charge in [-0.3, -0.25) is 0 Å². The van der Waals surface area contributed by atoms with E-state index in [-0.39, 0.29) is 11.1 Å². The predicted octanol–water partition coefficient (Wildman–Crippen LogP) is 5.07. The second-order valence-corrected chi connectivity index (χ2v) is 7.72. The van der Waals surface area contributed by atoms with Crippen LogP contribution in [-0.2, 0) is 4.74 Å². The number of carbonyl (C=O) groups excluding carboxylic acids is 1. The van der Waals surface area contributed by atoms with Gasteiger partial charge in [0.15, 0.2) is 0 Å². The number of halogens is 2. The van der Waals surface area contributed by atoms with E-state index in [4.69, 9.17) is 5.11 Å². The number of methoxy groups -OCH3 is 1. The van der Waals surface area contributed by atoms with Crippen LogP contribution in [0.4, 0.5) is 20.2 Å². The first kappa shape index (κ1) is 22.5. The van der Waals surface area contributed by atoms with Crippen molar-refractivity contribution in [1.82, 2.24) is 0 Å². The van der Waals surface area contributed by atoms with Gasteiger partial charge in [0.1, 0.15) is 11.6 Å². The molecule has 2 aliphatic rings. The van der Waals surface area contributed by atoms with Gasteiger partial charge in [0.2, 0.25) is 0 Å². The Morgan fingerprint density at radius 3 is 1.71 bits per heavy atom. The average molecular weight is 432 g/mol. The lowest BCUT2D eigenvalue weighted by molar-refractivity contribution is 0.0600. The molecule has 2 saturated carbocycles. The van der Waals surface area contributed by atoms with Crippen LogP contribution in [-0.4, -0.2) is 36.2 Å². The third-order valence-electron chi connectivity index (χ3n) is 5.53. The van der Waals surface area contributed by atoms with Crippen LogP contribution in [0.25, 0.3) is 0 Å². The topological polar surface area (TPSA) is 87.7 Å². The zero-order chi connectivity index (χ0) is 22.4. The quantitative estimate of drug-likeness (QED) is 0.553. The van der Waals surface area contributed by atoms with Crippen LogP contribution in [0.1, 0.15) is 59.2 Å². The maximum absolute atomic E-state index is 13.0. The summed E-state index contributed by atoms with van der Waals surface area (Å²) in [6, 6.07) is 8.66. The molecular formula is C23H26F2N2O4. The van der Waals surface area contributed by atoms with Crippen LogP contribution in [0.3, 0.4) is 0 Å². The molecule has 0 bridgehead atoms. The summed E-state index contributed by atoms with van der Waals surface area (Å²) in [5.41, 5.74) is 1.42. The van der Waals surface area contributed by atoms with Crippen molar-refractivity contribution in [1.29, 1.82) is 0 Å². The maximum Gasteiger partial charge on any atom is 0.340 e. The highest BCUT2D eigenvalue weighted by atomic mass is 19.1. The van der Waals surface area contributed by atoms with E-state index in [0.717, 1.165) is 31.7 Å². The summed E-state index contributed by atoms with van der Waals surface area (Å²) in [5.74, 6) is -2.57. The van der Waals surface area contributed by atoms with Crippen molar-refractivity contribution in [3.8, 4) is 0 Å². The first-order valence-corrected chi connectivity index (χ1v) is 10.3. The summed E-state index contributed by atoms with van der Waals surface area (Å²) >= 11 is 0. The van der Waals surface area contributed by atoms with Gasteiger partial charge >= 0.3 is 11.9 Å². The molecule has 0 atom stereocenters. The Morgan fingerprint density at radius 1 is 0.871 bits per heavy atom. The second-order valence-electron chi connectivity index (χ2n) is 7.72. The monoisotopic (exact) mass is 432 g/mol. The van der Waals surface area contributed by atoms with E-state index in [1.165, 1.54) is 44.2 Å². The van der Waals surface area contributed by atoms with Crippen LogP contribution in [0.5, 0.6) is 0 Å². The van der Waals surface area contributed by atoms with E-state index in [1.54, 1.807) is 6.07 Å². The fourth-order valence-corrected chi connectivity index (χ4v) is 3.29. The van der Waals surface area contributed by atoms with Crippen LogP contribution in [0, 0.1) is 11.6 Å². The molecule has 166 valence electrons. The molecule has 0 amide bonds. The summed E-state index contributed by atoms with van der Waals surface area (Å²) in [6.45, 7) is 0. The molecule has 2 aromatic rings. The normalized spacial score (nSPS) is 15.6. The lowest BCUT2D eigenvalue weighted by Gasteiger charge is -2.28. The predicted molar refractivity (Wildman–Crippen MR) is 114 cm³/mol. The van der Waals surface area contributed by atoms with Gasteiger partial charge in [-0.15, -0.1) is 0 Å². The van der Waals surface area contributed by atoms with E-state index in [1.807, 2.05) is 0 Å². The molecule has 2 fully saturated rings. The van der Waals surface area contributed by atoms with Gasteiger partial charge < -0.3 is 20.5 Å². The summed E-state index contributed by atoms with van der Waals surface area (Å²) in [6.07, 6.45) is 6.66. The first-order chi connectivity index (χ1) is 14.9. The average Bonchev–Trinajstić information content (AvgIpc) is 2.69. The molecule has 0 unspecified atom stereocenters. The molecule has 3 N–H and O–H groups in total. The lowest BCUT2D eigenvalue weighted by Crippen LogP contribution is -2.28. The number of esters is 1. The number of hydrogen-bond donors (Lipinski definition) is 3. The molecule has 2 aromatic carbocycles. The zero-order valence-corrected chi connectivity index (χ0v) is 17.3. The lowest BCUT2D eigenvalue weighted by atomic mass is 9.92. The molecule has 0 heterocycles. The van der Waals surface area contributed by atoms with Crippen LogP contribution in [0.2, 0.25) is 0 Å². The molecule has 0 saturated heterocycles. The van der Waals surface area contributed by atoms with Crippen LogP contribution in [0.15, 0.2) is 36.4 Å². The number of rotatable bonds is 6. The molecule has 0 radical (unpaired) electrons. The van der Waals surface area contributed by atoms with E-state index in [9.17, 15) is 18.4 Å². The Labute approximate surface area is 179 Å². The molecular weight excluding hydrogens is 406 g/mol. The first-order valence-electron chi connectivity index (χ1n) is 10.3. The Balaban J connectivity index is 0.000000176. The second kappa shape index (κ2) is 10.2. The van der Waals surface area contributed by atoms with Gasteiger partial charge in [0, 0.05) is 23.5 Å². The molecule has 0 aliphatic heterocycles. The van der Waals surface area contributed by atoms with Gasteiger partial charge in [-0.25, -0.2) is 18.4 Å². The van der Waals surface area contributed by atoms with E-state index in [0.29, 0.717) is 23.5 Å². The van der Waals surface area contributed by atoms with Gasteiger partial charge in [0.25, 0.3) is 0 Å².